The number of hydrogen-bond donors (Lipinski definition) is 0. The normalized spacial score (nSPS) is 11.3. The van der Waals surface area contributed by atoms with Crippen LogP contribution in [-0.2, 0) is 0 Å². The molecule has 0 spiro atoms. The molecule has 0 bridgehead atoms. The lowest BCUT2D eigenvalue weighted by Gasteiger charge is -2.05. The van der Waals surface area contributed by atoms with Crippen molar-refractivity contribution in [3.8, 4) is 12.1 Å². The number of pyridine rings is 1. The summed E-state index contributed by atoms with van der Waals surface area (Å²) < 4.78 is 0. The molecular weight excluding hydrogens is 162 g/mol. The topological polar surface area (TPSA) is 60.5 Å². The zero-order valence-corrected chi connectivity index (χ0v) is 7.36. The summed E-state index contributed by atoms with van der Waals surface area (Å²) in [4.78, 5) is 4.10. The monoisotopic (exact) mass is 171 g/mol. The Morgan fingerprint density at radius 1 is 1.46 bits per heavy atom. The van der Waals surface area contributed by atoms with Gasteiger partial charge in [0.1, 0.15) is 11.8 Å². The fraction of sp³-hybridized carbons (Fsp3) is 0.300. The van der Waals surface area contributed by atoms with Crippen LogP contribution in [0.2, 0.25) is 0 Å². The molecule has 0 saturated carbocycles. The van der Waals surface area contributed by atoms with Gasteiger partial charge < -0.3 is 0 Å². The average Bonchev–Trinajstić information content (AvgIpc) is 2.18. The highest BCUT2D eigenvalue weighted by Gasteiger charge is 2.06. The third kappa shape index (κ3) is 2.28. The summed E-state index contributed by atoms with van der Waals surface area (Å²) >= 11 is 0. The second kappa shape index (κ2) is 4.23. The molecular formula is C10H9N3. The van der Waals surface area contributed by atoms with E-state index in [9.17, 15) is 0 Å². The molecule has 0 aliphatic rings. The van der Waals surface area contributed by atoms with Crippen LogP contribution in [-0.4, -0.2) is 4.98 Å². The van der Waals surface area contributed by atoms with Gasteiger partial charge in [-0.25, -0.2) is 4.98 Å². The fourth-order valence-electron chi connectivity index (χ4n) is 1.03. The maximum absolute atomic E-state index is 8.60. The van der Waals surface area contributed by atoms with Crippen molar-refractivity contribution >= 4 is 0 Å². The van der Waals surface area contributed by atoms with E-state index in [1.165, 1.54) is 0 Å². The van der Waals surface area contributed by atoms with Gasteiger partial charge >= 0.3 is 0 Å². The minimum absolute atomic E-state index is 0.0956. The van der Waals surface area contributed by atoms with Crippen molar-refractivity contribution < 1.29 is 0 Å². The molecule has 3 heteroatoms. The van der Waals surface area contributed by atoms with E-state index >= 15 is 0 Å². The van der Waals surface area contributed by atoms with Crippen LogP contribution in [0.3, 0.4) is 0 Å². The first-order valence-electron chi connectivity index (χ1n) is 4.02. The molecule has 3 nitrogen and oxygen atoms in total. The lowest BCUT2D eigenvalue weighted by atomic mass is 10.0. The lowest BCUT2D eigenvalue weighted by molar-refractivity contribution is 0.755. The Balaban J connectivity index is 2.91. The first-order valence-corrected chi connectivity index (χ1v) is 4.02. The molecule has 1 rings (SSSR count). The second-order valence-corrected chi connectivity index (χ2v) is 2.82. The minimum Gasteiger partial charge on any atom is -0.242 e. The highest BCUT2D eigenvalue weighted by atomic mass is 14.7. The molecule has 0 aliphatic carbocycles. The van der Waals surface area contributed by atoms with Gasteiger partial charge in [-0.15, -0.1) is 0 Å². The van der Waals surface area contributed by atoms with Crippen LogP contribution in [0.25, 0.3) is 0 Å². The Morgan fingerprint density at radius 3 is 2.85 bits per heavy atom. The summed E-state index contributed by atoms with van der Waals surface area (Å²) in [7, 11) is 0. The summed E-state index contributed by atoms with van der Waals surface area (Å²) in [6.45, 7) is 1.92. The lowest BCUT2D eigenvalue weighted by Crippen LogP contribution is -1.97. The number of rotatable bonds is 2. The van der Waals surface area contributed by atoms with Gasteiger partial charge in [0.05, 0.1) is 6.07 Å². The standard InChI is InChI=1S/C10H9N3/c1-8(5-6-11)10-4-2-3-9(7-12)13-10/h2-4,8H,5H2,1H3/t8-/m1/s1. The van der Waals surface area contributed by atoms with E-state index in [1.807, 2.05) is 19.1 Å². The molecule has 0 N–H and O–H groups in total. The van der Waals surface area contributed by atoms with Crippen LogP contribution in [0, 0.1) is 22.7 Å². The van der Waals surface area contributed by atoms with Crippen molar-refractivity contribution in [3.05, 3.63) is 29.6 Å². The van der Waals surface area contributed by atoms with Crippen LogP contribution in [0.15, 0.2) is 18.2 Å². The van der Waals surface area contributed by atoms with Gasteiger partial charge in [-0.3, -0.25) is 0 Å². The van der Waals surface area contributed by atoms with Crippen LogP contribution >= 0.6 is 0 Å². The highest BCUT2D eigenvalue weighted by Crippen LogP contribution is 2.15. The van der Waals surface area contributed by atoms with Gasteiger partial charge in [-0.2, -0.15) is 10.5 Å². The minimum atomic E-state index is 0.0956. The van der Waals surface area contributed by atoms with Crippen molar-refractivity contribution in [2.75, 3.05) is 0 Å². The largest absolute Gasteiger partial charge is 0.242 e. The van der Waals surface area contributed by atoms with Crippen molar-refractivity contribution in [2.24, 2.45) is 0 Å². The van der Waals surface area contributed by atoms with E-state index < -0.39 is 0 Å². The molecule has 0 aliphatic heterocycles. The number of aromatic nitrogens is 1. The van der Waals surface area contributed by atoms with Gasteiger partial charge in [0.15, 0.2) is 0 Å². The molecule has 0 aromatic carbocycles. The van der Waals surface area contributed by atoms with Crippen LogP contribution in [0.4, 0.5) is 0 Å². The molecule has 1 heterocycles. The summed E-state index contributed by atoms with van der Waals surface area (Å²) in [6, 6.07) is 9.33. The molecule has 0 unspecified atom stereocenters. The number of nitrogens with zero attached hydrogens (tertiary/aromatic N) is 3. The van der Waals surface area contributed by atoms with Crippen molar-refractivity contribution in [3.63, 3.8) is 0 Å². The van der Waals surface area contributed by atoms with E-state index in [0.717, 1.165) is 5.69 Å². The number of nitriles is 2. The Hall–Kier alpha value is -1.87. The van der Waals surface area contributed by atoms with E-state index in [4.69, 9.17) is 10.5 Å². The maximum Gasteiger partial charge on any atom is 0.140 e. The Morgan fingerprint density at radius 2 is 2.23 bits per heavy atom. The molecule has 1 aromatic rings. The molecule has 1 atom stereocenters. The highest BCUT2D eigenvalue weighted by molar-refractivity contribution is 5.23. The molecule has 0 amide bonds. The molecule has 13 heavy (non-hydrogen) atoms. The van der Waals surface area contributed by atoms with E-state index in [0.29, 0.717) is 12.1 Å². The Labute approximate surface area is 77.3 Å². The van der Waals surface area contributed by atoms with Crippen molar-refractivity contribution in [1.82, 2.24) is 4.98 Å². The summed E-state index contributed by atoms with van der Waals surface area (Å²) in [5.74, 6) is 0.0956. The number of hydrogen-bond acceptors (Lipinski definition) is 3. The predicted molar refractivity (Wildman–Crippen MR) is 47.6 cm³/mol. The van der Waals surface area contributed by atoms with E-state index in [-0.39, 0.29) is 5.92 Å². The van der Waals surface area contributed by atoms with Crippen molar-refractivity contribution in [2.45, 2.75) is 19.3 Å². The second-order valence-electron chi connectivity index (χ2n) is 2.82. The molecule has 0 saturated heterocycles. The zero-order chi connectivity index (χ0) is 9.68. The van der Waals surface area contributed by atoms with E-state index in [1.54, 1.807) is 12.1 Å². The molecule has 1 aromatic heterocycles. The van der Waals surface area contributed by atoms with Gasteiger partial charge in [-0.05, 0) is 12.1 Å². The average molecular weight is 171 g/mol. The maximum atomic E-state index is 8.60. The SMILES string of the molecule is C[C@H](CC#N)c1cccc(C#N)n1. The van der Waals surface area contributed by atoms with Crippen LogP contribution in [0.1, 0.15) is 30.7 Å². The summed E-state index contributed by atoms with van der Waals surface area (Å²) in [5, 5.41) is 17.1. The third-order valence-corrected chi connectivity index (χ3v) is 1.79. The first-order chi connectivity index (χ1) is 6.27. The van der Waals surface area contributed by atoms with Gasteiger partial charge in [0.25, 0.3) is 0 Å². The summed E-state index contributed by atoms with van der Waals surface area (Å²) in [5.41, 5.74) is 1.21. The smallest absolute Gasteiger partial charge is 0.140 e. The molecule has 64 valence electrons. The fourth-order valence-corrected chi connectivity index (χ4v) is 1.03. The first kappa shape index (κ1) is 9.22. The zero-order valence-electron chi connectivity index (χ0n) is 7.36. The van der Waals surface area contributed by atoms with Gasteiger partial charge in [0.2, 0.25) is 0 Å². The van der Waals surface area contributed by atoms with Gasteiger partial charge in [-0.1, -0.05) is 13.0 Å². The molecule has 0 radical (unpaired) electrons. The predicted octanol–water partition coefficient (Wildman–Crippen LogP) is 1.97. The van der Waals surface area contributed by atoms with E-state index in [2.05, 4.69) is 11.1 Å². The Bertz CT molecular complexity index is 370. The van der Waals surface area contributed by atoms with Gasteiger partial charge in [0, 0.05) is 18.0 Å². The quantitative estimate of drug-likeness (QED) is 0.683. The summed E-state index contributed by atoms with van der Waals surface area (Å²) in [6.07, 6.45) is 0.432. The van der Waals surface area contributed by atoms with Crippen LogP contribution < -0.4 is 0 Å². The van der Waals surface area contributed by atoms with Crippen LogP contribution in [0.5, 0.6) is 0 Å². The molecule has 0 fully saturated rings. The third-order valence-electron chi connectivity index (χ3n) is 1.79. The Kier molecular flexibility index (Phi) is 3.00. The van der Waals surface area contributed by atoms with Crippen molar-refractivity contribution in [1.29, 1.82) is 10.5 Å².